The first-order valence-corrected chi connectivity index (χ1v) is 6.43. The summed E-state index contributed by atoms with van der Waals surface area (Å²) in [5.74, 6) is 2.21. The minimum atomic E-state index is 0.406. The normalized spacial score (nSPS) is 34.0. The molecule has 2 heteroatoms. The largest absolute Gasteiger partial charge is 0.384 e. The van der Waals surface area contributed by atoms with Crippen molar-refractivity contribution < 1.29 is 4.74 Å². The van der Waals surface area contributed by atoms with Crippen LogP contribution in [0.15, 0.2) is 0 Å². The molecule has 2 nitrogen and oxygen atoms in total. The second kappa shape index (κ2) is 6.49. The molecule has 1 aliphatic rings. The van der Waals surface area contributed by atoms with Crippen LogP contribution in [0, 0.1) is 17.8 Å². The third kappa shape index (κ3) is 3.76. The van der Waals surface area contributed by atoms with Gasteiger partial charge in [-0.25, -0.2) is 0 Å². The predicted molar refractivity (Wildman–Crippen MR) is 64.8 cm³/mol. The Morgan fingerprint density at radius 2 is 2.13 bits per heavy atom. The van der Waals surface area contributed by atoms with E-state index in [0.717, 1.165) is 12.5 Å². The minimum absolute atomic E-state index is 0.406. The lowest BCUT2D eigenvalue weighted by atomic mass is 9.72. The van der Waals surface area contributed by atoms with Crippen molar-refractivity contribution in [1.29, 1.82) is 0 Å². The van der Waals surface area contributed by atoms with Crippen molar-refractivity contribution in [3.63, 3.8) is 0 Å². The summed E-state index contributed by atoms with van der Waals surface area (Å²) in [5.41, 5.74) is 6.21. The van der Waals surface area contributed by atoms with Gasteiger partial charge in [-0.05, 0) is 37.0 Å². The van der Waals surface area contributed by atoms with Gasteiger partial charge < -0.3 is 10.5 Å². The summed E-state index contributed by atoms with van der Waals surface area (Å²) >= 11 is 0. The molecule has 0 heterocycles. The first-order valence-electron chi connectivity index (χ1n) is 6.43. The zero-order valence-corrected chi connectivity index (χ0v) is 10.5. The van der Waals surface area contributed by atoms with Crippen molar-refractivity contribution in [1.82, 2.24) is 0 Å². The molecule has 0 aromatic heterocycles. The first-order chi connectivity index (χ1) is 7.19. The van der Waals surface area contributed by atoms with Gasteiger partial charge in [-0.3, -0.25) is 0 Å². The molecule has 1 fully saturated rings. The highest BCUT2D eigenvalue weighted by Crippen LogP contribution is 2.35. The number of ether oxygens (including phenoxy) is 1. The molecule has 0 aromatic carbocycles. The molecular weight excluding hydrogens is 186 g/mol. The summed E-state index contributed by atoms with van der Waals surface area (Å²) in [4.78, 5) is 0. The van der Waals surface area contributed by atoms with Crippen LogP contribution in [-0.2, 0) is 4.74 Å². The second-order valence-electron chi connectivity index (χ2n) is 5.23. The Kier molecular flexibility index (Phi) is 5.62. The highest BCUT2D eigenvalue weighted by atomic mass is 16.5. The zero-order valence-electron chi connectivity index (χ0n) is 10.5. The summed E-state index contributed by atoms with van der Waals surface area (Å²) in [6, 6.07) is 0.406. The van der Waals surface area contributed by atoms with Crippen molar-refractivity contribution in [3.05, 3.63) is 0 Å². The van der Waals surface area contributed by atoms with Crippen LogP contribution in [0.2, 0.25) is 0 Å². The highest BCUT2D eigenvalue weighted by Gasteiger charge is 2.31. The van der Waals surface area contributed by atoms with Gasteiger partial charge in [-0.15, -0.1) is 0 Å². The number of hydrogen-bond donors (Lipinski definition) is 1. The van der Waals surface area contributed by atoms with Crippen molar-refractivity contribution in [3.8, 4) is 0 Å². The van der Waals surface area contributed by atoms with Crippen LogP contribution >= 0.6 is 0 Å². The average Bonchev–Trinajstić information content (AvgIpc) is 2.21. The minimum Gasteiger partial charge on any atom is -0.384 e. The molecule has 1 rings (SSSR count). The lowest BCUT2D eigenvalue weighted by Gasteiger charge is -2.37. The third-order valence-corrected chi connectivity index (χ3v) is 3.92. The monoisotopic (exact) mass is 213 g/mol. The van der Waals surface area contributed by atoms with Crippen LogP contribution in [-0.4, -0.2) is 19.8 Å². The van der Waals surface area contributed by atoms with E-state index in [4.69, 9.17) is 10.5 Å². The molecule has 1 aliphatic carbocycles. The van der Waals surface area contributed by atoms with E-state index in [2.05, 4.69) is 13.8 Å². The van der Waals surface area contributed by atoms with Gasteiger partial charge in [-0.1, -0.05) is 26.7 Å². The first kappa shape index (κ1) is 13.0. The van der Waals surface area contributed by atoms with Crippen molar-refractivity contribution in [2.45, 2.75) is 52.0 Å². The van der Waals surface area contributed by atoms with Gasteiger partial charge in [0.25, 0.3) is 0 Å². The van der Waals surface area contributed by atoms with Gasteiger partial charge in [0.05, 0.1) is 0 Å². The van der Waals surface area contributed by atoms with Crippen LogP contribution in [0.3, 0.4) is 0 Å². The molecular formula is C13H27NO. The molecule has 4 unspecified atom stereocenters. The number of hydrogen-bond acceptors (Lipinski definition) is 2. The fourth-order valence-electron chi connectivity index (χ4n) is 3.03. The zero-order chi connectivity index (χ0) is 11.3. The van der Waals surface area contributed by atoms with Crippen molar-refractivity contribution in [2.24, 2.45) is 23.5 Å². The molecule has 0 spiro atoms. The molecule has 90 valence electrons. The maximum atomic E-state index is 6.21. The molecule has 0 amide bonds. The SMILES string of the molecule is CCCC1CCC(N)C(C(C)COC)C1. The maximum absolute atomic E-state index is 6.21. The van der Waals surface area contributed by atoms with Gasteiger partial charge in [0.15, 0.2) is 0 Å². The van der Waals surface area contributed by atoms with Crippen LogP contribution in [0.1, 0.15) is 46.0 Å². The quantitative estimate of drug-likeness (QED) is 0.762. The molecule has 0 saturated heterocycles. The molecule has 0 aliphatic heterocycles. The lowest BCUT2D eigenvalue weighted by molar-refractivity contribution is 0.0883. The Labute approximate surface area is 94.6 Å². The van der Waals surface area contributed by atoms with Crippen molar-refractivity contribution in [2.75, 3.05) is 13.7 Å². The highest BCUT2D eigenvalue weighted by molar-refractivity contribution is 4.85. The molecule has 2 N–H and O–H groups in total. The average molecular weight is 213 g/mol. The molecule has 4 atom stereocenters. The maximum Gasteiger partial charge on any atom is 0.0491 e. The number of methoxy groups -OCH3 is 1. The van der Waals surface area contributed by atoms with E-state index in [1.807, 2.05) is 0 Å². The Hall–Kier alpha value is -0.0800. The van der Waals surface area contributed by atoms with Gasteiger partial charge in [0.2, 0.25) is 0 Å². The van der Waals surface area contributed by atoms with Gasteiger partial charge in [-0.2, -0.15) is 0 Å². The summed E-state index contributed by atoms with van der Waals surface area (Å²) in [6.07, 6.45) is 6.56. The molecule has 1 saturated carbocycles. The second-order valence-corrected chi connectivity index (χ2v) is 5.23. The topological polar surface area (TPSA) is 35.2 Å². The van der Waals surface area contributed by atoms with Gasteiger partial charge >= 0.3 is 0 Å². The molecule has 0 radical (unpaired) electrons. The van der Waals surface area contributed by atoms with Crippen LogP contribution < -0.4 is 5.73 Å². The fraction of sp³-hybridized carbons (Fsp3) is 1.00. The standard InChI is InChI=1S/C13H27NO/c1-4-5-11-6-7-13(14)12(8-11)10(2)9-15-3/h10-13H,4-9,14H2,1-3H3. The Balaban J connectivity index is 2.45. The summed E-state index contributed by atoms with van der Waals surface area (Å²) in [5, 5.41) is 0. The van der Waals surface area contributed by atoms with Crippen LogP contribution in [0.25, 0.3) is 0 Å². The Bertz CT molecular complexity index is 172. The molecule has 0 bridgehead atoms. The van der Waals surface area contributed by atoms with E-state index in [1.165, 1.54) is 32.1 Å². The Morgan fingerprint density at radius 3 is 2.73 bits per heavy atom. The van der Waals surface area contributed by atoms with Crippen LogP contribution in [0.4, 0.5) is 0 Å². The lowest BCUT2D eigenvalue weighted by Crippen LogP contribution is -2.40. The number of nitrogens with two attached hydrogens (primary N) is 1. The Morgan fingerprint density at radius 1 is 1.40 bits per heavy atom. The van der Waals surface area contributed by atoms with Gasteiger partial charge in [0, 0.05) is 19.8 Å². The van der Waals surface area contributed by atoms with E-state index in [9.17, 15) is 0 Å². The van der Waals surface area contributed by atoms with E-state index in [0.29, 0.717) is 17.9 Å². The summed E-state index contributed by atoms with van der Waals surface area (Å²) in [7, 11) is 1.79. The van der Waals surface area contributed by atoms with E-state index in [1.54, 1.807) is 7.11 Å². The summed E-state index contributed by atoms with van der Waals surface area (Å²) < 4.78 is 5.24. The van der Waals surface area contributed by atoms with Gasteiger partial charge in [0.1, 0.15) is 0 Å². The predicted octanol–water partition coefficient (Wildman–Crippen LogP) is 2.81. The third-order valence-electron chi connectivity index (χ3n) is 3.92. The van der Waals surface area contributed by atoms with E-state index < -0.39 is 0 Å². The smallest absolute Gasteiger partial charge is 0.0491 e. The van der Waals surface area contributed by atoms with Crippen molar-refractivity contribution >= 4 is 0 Å². The fourth-order valence-corrected chi connectivity index (χ4v) is 3.03. The van der Waals surface area contributed by atoms with E-state index >= 15 is 0 Å². The van der Waals surface area contributed by atoms with E-state index in [-0.39, 0.29) is 0 Å². The molecule has 0 aromatic rings. The number of rotatable bonds is 5. The summed E-state index contributed by atoms with van der Waals surface area (Å²) in [6.45, 7) is 5.42. The van der Waals surface area contributed by atoms with Crippen LogP contribution in [0.5, 0.6) is 0 Å². The molecule has 15 heavy (non-hydrogen) atoms.